The minimum atomic E-state index is 0.459. The van der Waals surface area contributed by atoms with Gasteiger partial charge in [0.1, 0.15) is 0 Å². The number of nitrogens with zero attached hydrogens (tertiary/aromatic N) is 1. The van der Waals surface area contributed by atoms with E-state index in [1.807, 2.05) is 63.2 Å². The first-order valence-corrected chi connectivity index (χ1v) is 7.41. The van der Waals surface area contributed by atoms with Crippen LogP contribution >= 0.6 is 12.2 Å². The third-order valence-corrected chi connectivity index (χ3v) is 3.54. The highest BCUT2D eigenvalue weighted by atomic mass is 32.1. The van der Waals surface area contributed by atoms with Crippen molar-refractivity contribution in [2.45, 2.75) is 20.8 Å². The molecule has 0 radical (unpaired) electrons. The van der Waals surface area contributed by atoms with Crippen molar-refractivity contribution in [1.82, 2.24) is 5.43 Å². The number of aryl methyl sites for hydroxylation is 2. The van der Waals surface area contributed by atoms with Gasteiger partial charge in [-0.1, -0.05) is 30.3 Å². The van der Waals surface area contributed by atoms with Crippen molar-refractivity contribution in [2.75, 3.05) is 11.1 Å². The van der Waals surface area contributed by atoms with Gasteiger partial charge in [0.15, 0.2) is 5.11 Å². The molecule has 0 aliphatic heterocycles. The fourth-order valence-corrected chi connectivity index (χ4v) is 2.26. The maximum absolute atomic E-state index is 5.77. The molecule has 0 heterocycles. The highest BCUT2D eigenvalue weighted by molar-refractivity contribution is 7.80. The lowest BCUT2D eigenvalue weighted by Crippen LogP contribution is -2.25. The molecule has 0 saturated carbocycles. The number of rotatable bonds is 3. The molecule has 0 aliphatic rings. The van der Waals surface area contributed by atoms with Crippen LogP contribution in [0.1, 0.15) is 23.6 Å². The number of hydrogen-bond acceptors (Lipinski definition) is 3. The molecule has 0 bridgehead atoms. The summed E-state index contributed by atoms with van der Waals surface area (Å²) in [5.41, 5.74) is 14.4. The molecule has 0 unspecified atom stereocenters. The van der Waals surface area contributed by atoms with Crippen molar-refractivity contribution < 1.29 is 0 Å². The van der Waals surface area contributed by atoms with Crippen LogP contribution < -0.4 is 16.5 Å². The highest BCUT2D eigenvalue weighted by Gasteiger charge is 2.04. The summed E-state index contributed by atoms with van der Waals surface area (Å²) >= 11 is 5.30. The zero-order valence-corrected chi connectivity index (χ0v) is 13.8. The molecular formula is C17H20N4S. The molecule has 4 N–H and O–H groups in total. The zero-order valence-electron chi connectivity index (χ0n) is 13.0. The first-order valence-electron chi connectivity index (χ1n) is 7.01. The number of benzene rings is 2. The number of thiocarbonyl (C=S) groups is 1. The van der Waals surface area contributed by atoms with Crippen molar-refractivity contribution in [3.8, 4) is 0 Å². The largest absolute Gasteiger partial charge is 0.399 e. The Morgan fingerprint density at radius 1 is 1.09 bits per heavy atom. The van der Waals surface area contributed by atoms with Crippen LogP contribution in [0.3, 0.4) is 0 Å². The quantitative estimate of drug-likeness (QED) is 0.351. The van der Waals surface area contributed by atoms with E-state index in [0.29, 0.717) is 10.8 Å². The van der Waals surface area contributed by atoms with Gasteiger partial charge in [-0.25, -0.2) is 0 Å². The van der Waals surface area contributed by atoms with Gasteiger partial charge in [-0.15, -0.1) is 0 Å². The monoisotopic (exact) mass is 312 g/mol. The summed E-state index contributed by atoms with van der Waals surface area (Å²) in [5.74, 6) is 0. The number of nitrogens with one attached hydrogen (secondary N) is 2. The van der Waals surface area contributed by atoms with Crippen LogP contribution in [0.15, 0.2) is 47.6 Å². The van der Waals surface area contributed by atoms with Crippen LogP contribution in [-0.4, -0.2) is 10.8 Å². The van der Waals surface area contributed by atoms with Crippen molar-refractivity contribution in [1.29, 1.82) is 0 Å². The second-order valence-corrected chi connectivity index (χ2v) is 5.56. The van der Waals surface area contributed by atoms with E-state index in [4.69, 9.17) is 18.0 Å². The first-order chi connectivity index (χ1) is 10.5. The number of nitrogen functional groups attached to an aromatic ring is 1. The SMILES string of the molecule is C/C(=N/NC(=S)Nc1c(C)cccc1C)c1cccc(N)c1. The molecule has 114 valence electrons. The van der Waals surface area contributed by atoms with Gasteiger partial charge < -0.3 is 11.1 Å². The Morgan fingerprint density at radius 2 is 1.73 bits per heavy atom. The molecule has 5 heteroatoms. The van der Waals surface area contributed by atoms with E-state index in [0.717, 1.165) is 28.1 Å². The van der Waals surface area contributed by atoms with E-state index >= 15 is 0 Å². The molecule has 4 nitrogen and oxygen atoms in total. The number of hydrazone groups is 1. The van der Waals surface area contributed by atoms with Gasteiger partial charge in [0, 0.05) is 11.4 Å². The van der Waals surface area contributed by atoms with Crippen molar-refractivity contribution in [3.63, 3.8) is 0 Å². The molecule has 0 aromatic heterocycles. The lowest BCUT2D eigenvalue weighted by molar-refractivity contribution is 1.04. The topological polar surface area (TPSA) is 62.4 Å². The normalized spacial score (nSPS) is 11.1. The predicted molar refractivity (Wildman–Crippen MR) is 98.3 cm³/mol. The smallest absolute Gasteiger partial charge is 0.191 e. The highest BCUT2D eigenvalue weighted by Crippen LogP contribution is 2.19. The molecule has 0 spiro atoms. The van der Waals surface area contributed by atoms with Gasteiger partial charge >= 0.3 is 0 Å². The van der Waals surface area contributed by atoms with Crippen LogP contribution in [-0.2, 0) is 0 Å². The molecule has 0 atom stereocenters. The average Bonchev–Trinajstić information content (AvgIpc) is 2.48. The third kappa shape index (κ3) is 4.05. The Labute approximate surface area is 136 Å². The van der Waals surface area contributed by atoms with Gasteiger partial charge in [-0.2, -0.15) is 5.10 Å². The summed E-state index contributed by atoms with van der Waals surface area (Å²) in [6, 6.07) is 13.7. The summed E-state index contributed by atoms with van der Waals surface area (Å²) in [4.78, 5) is 0. The molecule has 2 aromatic carbocycles. The standard InChI is InChI=1S/C17H20N4S/c1-11-6-4-7-12(2)16(11)19-17(22)21-20-13(3)14-8-5-9-15(18)10-14/h4-10H,18H2,1-3H3,(H2,19,21,22)/b20-13-. The molecule has 2 aromatic rings. The van der Waals surface area contributed by atoms with Gasteiger partial charge in [0.25, 0.3) is 0 Å². The third-order valence-electron chi connectivity index (χ3n) is 3.35. The number of nitrogens with two attached hydrogens (primary N) is 1. The summed E-state index contributed by atoms with van der Waals surface area (Å²) in [6.07, 6.45) is 0. The lowest BCUT2D eigenvalue weighted by Gasteiger charge is -2.13. The minimum Gasteiger partial charge on any atom is -0.399 e. The molecule has 2 rings (SSSR count). The van der Waals surface area contributed by atoms with Crippen LogP contribution in [0, 0.1) is 13.8 Å². The van der Waals surface area contributed by atoms with Crippen molar-refractivity contribution in [2.24, 2.45) is 5.10 Å². The summed E-state index contributed by atoms with van der Waals surface area (Å²) < 4.78 is 0. The number of para-hydroxylation sites is 1. The Balaban J connectivity index is 2.05. The second kappa shape index (κ2) is 7.04. The average molecular weight is 312 g/mol. The van der Waals surface area contributed by atoms with Gasteiger partial charge in [-0.05, 0) is 61.8 Å². The molecule has 0 amide bonds. The Bertz CT molecular complexity index is 702. The van der Waals surface area contributed by atoms with Gasteiger partial charge in [0.05, 0.1) is 5.71 Å². The maximum Gasteiger partial charge on any atom is 0.191 e. The minimum absolute atomic E-state index is 0.459. The van der Waals surface area contributed by atoms with Crippen LogP contribution in [0.2, 0.25) is 0 Å². The van der Waals surface area contributed by atoms with E-state index in [-0.39, 0.29) is 0 Å². The summed E-state index contributed by atoms with van der Waals surface area (Å²) in [7, 11) is 0. The van der Waals surface area contributed by atoms with Crippen LogP contribution in [0.5, 0.6) is 0 Å². The van der Waals surface area contributed by atoms with E-state index in [9.17, 15) is 0 Å². The lowest BCUT2D eigenvalue weighted by atomic mass is 10.1. The van der Waals surface area contributed by atoms with Gasteiger partial charge in [-0.3, -0.25) is 5.43 Å². The van der Waals surface area contributed by atoms with E-state index in [2.05, 4.69) is 15.8 Å². The van der Waals surface area contributed by atoms with Crippen LogP contribution in [0.25, 0.3) is 0 Å². The Morgan fingerprint density at radius 3 is 2.36 bits per heavy atom. The molecule has 22 heavy (non-hydrogen) atoms. The molecule has 0 aliphatic carbocycles. The van der Waals surface area contributed by atoms with Crippen molar-refractivity contribution >= 4 is 34.4 Å². The second-order valence-electron chi connectivity index (χ2n) is 5.16. The maximum atomic E-state index is 5.77. The molecule has 0 fully saturated rings. The Kier molecular flexibility index (Phi) is 5.12. The number of anilines is 2. The predicted octanol–water partition coefficient (Wildman–Crippen LogP) is 3.60. The molecular weight excluding hydrogens is 292 g/mol. The van der Waals surface area contributed by atoms with E-state index in [1.54, 1.807) is 0 Å². The molecule has 0 saturated heterocycles. The van der Waals surface area contributed by atoms with Crippen LogP contribution in [0.4, 0.5) is 11.4 Å². The van der Waals surface area contributed by atoms with E-state index in [1.165, 1.54) is 0 Å². The fraction of sp³-hybridized carbons (Fsp3) is 0.176. The zero-order chi connectivity index (χ0) is 16.1. The summed E-state index contributed by atoms with van der Waals surface area (Å²) in [6.45, 7) is 5.99. The number of hydrogen-bond donors (Lipinski definition) is 3. The first kappa shape index (κ1) is 16.0. The Hall–Kier alpha value is -2.40. The summed E-state index contributed by atoms with van der Waals surface area (Å²) in [5, 5.41) is 7.94. The van der Waals surface area contributed by atoms with E-state index < -0.39 is 0 Å². The van der Waals surface area contributed by atoms with Crippen molar-refractivity contribution in [3.05, 3.63) is 59.2 Å². The fourth-order valence-electron chi connectivity index (χ4n) is 2.12. The van der Waals surface area contributed by atoms with Gasteiger partial charge in [0.2, 0.25) is 0 Å².